The fraction of sp³-hybridized carbons (Fsp3) is 0.500. The molecule has 2 aliphatic heterocycles. The fourth-order valence-electron chi connectivity index (χ4n) is 5.12. The summed E-state index contributed by atoms with van der Waals surface area (Å²) in [5.74, 6) is 1.60. The first-order valence-electron chi connectivity index (χ1n) is 12.7. The monoisotopic (exact) mass is 479 g/mol. The number of hydrogen-bond donors (Lipinski definition) is 0. The second-order valence-electron chi connectivity index (χ2n) is 9.48. The van der Waals surface area contributed by atoms with Gasteiger partial charge in [0.25, 0.3) is 5.91 Å². The van der Waals surface area contributed by atoms with Crippen LogP contribution in [0.2, 0.25) is 0 Å². The Hall–Kier alpha value is -3.06. The minimum absolute atomic E-state index is 0.0258. The summed E-state index contributed by atoms with van der Waals surface area (Å²) in [5.41, 5.74) is 1.08. The predicted octanol–water partition coefficient (Wildman–Crippen LogP) is 4.08. The van der Waals surface area contributed by atoms with Crippen molar-refractivity contribution in [1.29, 1.82) is 0 Å². The van der Waals surface area contributed by atoms with Gasteiger partial charge in [0.15, 0.2) is 0 Å². The number of rotatable bonds is 8. The Morgan fingerprint density at radius 1 is 0.886 bits per heavy atom. The van der Waals surface area contributed by atoms with Crippen molar-refractivity contribution in [2.45, 2.75) is 32.1 Å². The smallest absolute Gasteiger partial charge is 0.258 e. The highest BCUT2D eigenvalue weighted by Crippen LogP contribution is 2.30. The molecule has 7 nitrogen and oxygen atoms in total. The van der Waals surface area contributed by atoms with E-state index in [2.05, 4.69) is 4.90 Å². The van der Waals surface area contributed by atoms with Crippen molar-refractivity contribution in [3.63, 3.8) is 0 Å². The second-order valence-corrected chi connectivity index (χ2v) is 9.48. The molecule has 2 aromatic rings. The van der Waals surface area contributed by atoms with E-state index in [-0.39, 0.29) is 18.4 Å². The summed E-state index contributed by atoms with van der Waals surface area (Å²) in [6.45, 7) is 5.02. The molecule has 2 saturated heterocycles. The van der Waals surface area contributed by atoms with Crippen molar-refractivity contribution in [3.8, 4) is 11.5 Å². The molecule has 2 fully saturated rings. The average molecular weight is 480 g/mol. The van der Waals surface area contributed by atoms with Gasteiger partial charge in [-0.1, -0.05) is 18.6 Å². The molecule has 188 valence electrons. The fourth-order valence-corrected chi connectivity index (χ4v) is 5.12. The second kappa shape index (κ2) is 12.1. The van der Waals surface area contributed by atoms with Crippen molar-refractivity contribution in [2.75, 3.05) is 58.4 Å². The molecule has 0 radical (unpaired) electrons. The largest absolute Gasteiger partial charge is 0.497 e. The van der Waals surface area contributed by atoms with Crippen LogP contribution < -0.4 is 14.4 Å². The zero-order chi connectivity index (χ0) is 24.6. The first-order valence-corrected chi connectivity index (χ1v) is 12.7. The molecule has 2 aliphatic rings. The molecular weight excluding hydrogens is 442 g/mol. The first-order chi connectivity index (χ1) is 17.1. The van der Waals surface area contributed by atoms with Gasteiger partial charge in [0.2, 0.25) is 5.91 Å². The van der Waals surface area contributed by atoms with Gasteiger partial charge in [-0.3, -0.25) is 14.5 Å². The summed E-state index contributed by atoms with van der Waals surface area (Å²) >= 11 is 0. The molecule has 0 N–H and O–H groups in total. The molecule has 0 spiro atoms. The number of benzene rings is 2. The van der Waals surface area contributed by atoms with Crippen LogP contribution in [-0.4, -0.2) is 75.1 Å². The minimum Gasteiger partial charge on any atom is -0.497 e. The highest BCUT2D eigenvalue weighted by molar-refractivity contribution is 6.09. The van der Waals surface area contributed by atoms with Gasteiger partial charge < -0.3 is 19.3 Å². The number of likely N-dealkylation sites (tertiary alicyclic amines) is 2. The lowest BCUT2D eigenvalue weighted by atomic mass is 9.95. The quantitative estimate of drug-likeness (QED) is 0.571. The molecule has 2 amide bonds. The Morgan fingerprint density at radius 2 is 1.57 bits per heavy atom. The lowest BCUT2D eigenvalue weighted by Gasteiger charge is -2.37. The van der Waals surface area contributed by atoms with Crippen molar-refractivity contribution in [1.82, 2.24) is 9.80 Å². The maximum Gasteiger partial charge on any atom is 0.258 e. The summed E-state index contributed by atoms with van der Waals surface area (Å²) in [4.78, 5) is 33.0. The molecule has 0 saturated carbocycles. The third kappa shape index (κ3) is 6.34. The number of para-hydroxylation sites is 2. The van der Waals surface area contributed by atoms with Crippen LogP contribution in [0.1, 0.15) is 42.5 Å². The highest BCUT2D eigenvalue weighted by atomic mass is 16.5. The maximum atomic E-state index is 13.6. The van der Waals surface area contributed by atoms with E-state index in [1.807, 2.05) is 23.1 Å². The van der Waals surface area contributed by atoms with Crippen molar-refractivity contribution in [2.24, 2.45) is 5.92 Å². The Bertz CT molecular complexity index is 980. The maximum absolute atomic E-state index is 13.6. The molecule has 2 heterocycles. The number of carbonyl (C=O) groups excluding carboxylic acids is 2. The number of piperidine rings is 2. The molecule has 7 heteroatoms. The van der Waals surface area contributed by atoms with E-state index in [1.54, 1.807) is 44.6 Å². The van der Waals surface area contributed by atoms with Gasteiger partial charge in [0, 0.05) is 25.2 Å². The van der Waals surface area contributed by atoms with E-state index in [0.29, 0.717) is 28.7 Å². The van der Waals surface area contributed by atoms with Gasteiger partial charge in [-0.2, -0.15) is 0 Å². The number of amides is 2. The van der Waals surface area contributed by atoms with E-state index >= 15 is 0 Å². The Kier molecular flexibility index (Phi) is 8.64. The van der Waals surface area contributed by atoms with Crippen LogP contribution in [0.4, 0.5) is 5.69 Å². The molecular formula is C28H37N3O4. The van der Waals surface area contributed by atoms with Crippen LogP contribution in [0.3, 0.4) is 0 Å². The van der Waals surface area contributed by atoms with E-state index < -0.39 is 0 Å². The Balaban J connectivity index is 1.44. The van der Waals surface area contributed by atoms with Crippen LogP contribution in [0, 0.1) is 5.92 Å². The molecule has 0 aliphatic carbocycles. The van der Waals surface area contributed by atoms with Gasteiger partial charge in [0.1, 0.15) is 18.0 Å². The third-order valence-corrected chi connectivity index (χ3v) is 7.18. The minimum atomic E-state index is -0.245. The molecule has 35 heavy (non-hydrogen) atoms. The van der Waals surface area contributed by atoms with Crippen molar-refractivity contribution in [3.05, 3.63) is 54.1 Å². The number of carbonyl (C=O) groups is 2. The number of nitrogens with zero attached hydrogens (tertiary/aromatic N) is 3. The lowest BCUT2D eigenvalue weighted by Crippen LogP contribution is -2.47. The van der Waals surface area contributed by atoms with Crippen molar-refractivity contribution < 1.29 is 19.1 Å². The Morgan fingerprint density at radius 3 is 2.23 bits per heavy atom. The zero-order valence-corrected chi connectivity index (χ0v) is 20.9. The zero-order valence-electron chi connectivity index (χ0n) is 20.9. The van der Waals surface area contributed by atoms with E-state index in [0.717, 1.165) is 32.5 Å². The van der Waals surface area contributed by atoms with E-state index in [1.165, 1.54) is 37.3 Å². The number of hydrogen-bond acceptors (Lipinski definition) is 5. The normalized spacial score (nSPS) is 17.1. The van der Waals surface area contributed by atoms with E-state index in [9.17, 15) is 9.59 Å². The van der Waals surface area contributed by atoms with Crippen LogP contribution in [0.25, 0.3) is 0 Å². The third-order valence-electron chi connectivity index (χ3n) is 7.18. The summed E-state index contributed by atoms with van der Waals surface area (Å²) < 4.78 is 10.7. The summed E-state index contributed by atoms with van der Waals surface area (Å²) in [6, 6.07) is 14.3. The van der Waals surface area contributed by atoms with Gasteiger partial charge in [-0.25, -0.2) is 0 Å². The Labute approximate surface area is 208 Å². The van der Waals surface area contributed by atoms with E-state index in [4.69, 9.17) is 9.47 Å². The highest BCUT2D eigenvalue weighted by Gasteiger charge is 2.29. The number of ether oxygens (including phenoxy) is 2. The van der Waals surface area contributed by atoms with Gasteiger partial charge in [0.05, 0.1) is 19.9 Å². The molecule has 2 aromatic carbocycles. The molecule has 0 bridgehead atoms. The van der Waals surface area contributed by atoms with Crippen LogP contribution in [0.15, 0.2) is 48.5 Å². The summed E-state index contributed by atoms with van der Waals surface area (Å²) in [7, 11) is 3.16. The van der Waals surface area contributed by atoms with Crippen molar-refractivity contribution >= 4 is 17.5 Å². The lowest BCUT2D eigenvalue weighted by molar-refractivity contribution is -0.131. The van der Waals surface area contributed by atoms with Gasteiger partial charge in [-0.15, -0.1) is 0 Å². The number of methoxy groups -OCH3 is 2. The van der Waals surface area contributed by atoms with Crippen LogP contribution in [-0.2, 0) is 4.79 Å². The summed E-state index contributed by atoms with van der Waals surface area (Å²) in [6.07, 6.45) is 5.99. The van der Waals surface area contributed by atoms with Crippen LogP contribution in [0.5, 0.6) is 11.5 Å². The molecule has 0 unspecified atom stereocenters. The molecule has 0 atom stereocenters. The molecule has 0 aromatic heterocycles. The SMILES string of the molecule is COc1ccc(C(=O)N(CC(=O)N2CCC(CN3CCCCC3)CC2)c2ccccc2OC)cc1. The topological polar surface area (TPSA) is 62.3 Å². The number of anilines is 1. The van der Waals surface area contributed by atoms with Gasteiger partial charge >= 0.3 is 0 Å². The summed E-state index contributed by atoms with van der Waals surface area (Å²) in [5, 5.41) is 0. The molecule has 4 rings (SSSR count). The predicted molar refractivity (Wildman–Crippen MR) is 137 cm³/mol. The average Bonchev–Trinajstić information content (AvgIpc) is 2.92. The van der Waals surface area contributed by atoms with Crippen LogP contribution >= 0.6 is 0 Å². The standard InChI is InChI=1S/C28H37N3O4/c1-34-24-12-10-23(11-13-24)28(33)31(25-8-4-5-9-26(25)35-2)21-27(32)30-18-14-22(15-19-30)20-29-16-6-3-7-17-29/h4-5,8-13,22H,3,6-7,14-21H2,1-2H3. The first kappa shape index (κ1) is 25.0. The van der Waals surface area contributed by atoms with Gasteiger partial charge in [-0.05, 0) is 81.1 Å².